The van der Waals surface area contributed by atoms with Crippen molar-refractivity contribution < 1.29 is 9.53 Å². The fourth-order valence-electron chi connectivity index (χ4n) is 1.46. The zero-order valence-electron chi connectivity index (χ0n) is 11.1. The Bertz CT molecular complexity index is 382. The number of benzene rings is 1. The first-order chi connectivity index (χ1) is 8.76. The van der Waals surface area contributed by atoms with Gasteiger partial charge in [-0.25, -0.2) is 0 Å². The van der Waals surface area contributed by atoms with Crippen LogP contribution in [0.1, 0.15) is 32.3 Å². The topological polar surface area (TPSA) is 38.3 Å². The van der Waals surface area contributed by atoms with Gasteiger partial charge in [0.2, 0.25) is 5.91 Å². The minimum atomic E-state index is -0.0441. The molecule has 0 bridgehead atoms. The van der Waals surface area contributed by atoms with E-state index in [9.17, 15) is 4.79 Å². The highest BCUT2D eigenvalue weighted by Crippen LogP contribution is 2.12. The Balaban J connectivity index is 2.43. The lowest BCUT2D eigenvalue weighted by Crippen LogP contribution is -2.21. The minimum absolute atomic E-state index is 0.0441. The molecule has 0 aromatic heterocycles. The first-order valence-corrected chi connectivity index (χ1v) is 6.45. The first kappa shape index (κ1) is 14.3. The van der Waals surface area contributed by atoms with Crippen molar-refractivity contribution in [3.05, 3.63) is 35.9 Å². The summed E-state index contributed by atoms with van der Waals surface area (Å²) < 4.78 is 5.35. The second-order valence-electron chi connectivity index (χ2n) is 3.98. The van der Waals surface area contributed by atoms with Crippen molar-refractivity contribution in [1.29, 1.82) is 0 Å². The molecular formula is C15H21NO2. The number of unbranched alkanes of at least 4 members (excludes halogenated alkanes) is 1. The number of rotatable bonds is 7. The first-order valence-electron chi connectivity index (χ1n) is 6.45. The van der Waals surface area contributed by atoms with Gasteiger partial charge in [0.25, 0.3) is 0 Å². The van der Waals surface area contributed by atoms with Crippen LogP contribution in [0.4, 0.5) is 0 Å². The van der Waals surface area contributed by atoms with E-state index < -0.39 is 0 Å². The summed E-state index contributed by atoms with van der Waals surface area (Å²) >= 11 is 0. The van der Waals surface area contributed by atoms with Crippen LogP contribution in [-0.2, 0) is 4.79 Å². The van der Waals surface area contributed by atoms with Crippen LogP contribution in [-0.4, -0.2) is 19.1 Å². The van der Waals surface area contributed by atoms with Crippen molar-refractivity contribution in [2.75, 3.05) is 13.2 Å². The van der Waals surface area contributed by atoms with E-state index in [0.29, 0.717) is 6.61 Å². The van der Waals surface area contributed by atoms with E-state index in [4.69, 9.17) is 4.74 Å². The van der Waals surface area contributed by atoms with E-state index in [1.54, 1.807) is 12.2 Å². The summed E-state index contributed by atoms with van der Waals surface area (Å²) in [4.78, 5) is 11.4. The van der Waals surface area contributed by atoms with E-state index in [2.05, 4.69) is 12.2 Å². The zero-order valence-corrected chi connectivity index (χ0v) is 11.1. The number of ether oxygens (including phenoxy) is 1. The monoisotopic (exact) mass is 247 g/mol. The number of hydrogen-bond donors (Lipinski definition) is 1. The maximum atomic E-state index is 11.4. The molecule has 1 N–H and O–H groups in total. The summed E-state index contributed by atoms with van der Waals surface area (Å²) in [6.45, 7) is 5.45. The van der Waals surface area contributed by atoms with Crippen LogP contribution >= 0.6 is 0 Å². The SMILES string of the molecule is CCCCNC(=O)/C=C/c1ccc(OCC)cc1. The van der Waals surface area contributed by atoms with Crippen LogP contribution in [0.3, 0.4) is 0 Å². The molecule has 1 aromatic rings. The summed E-state index contributed by atoms with van der Waals surface area (Å²) in [5.74, 6) is 0.805. The molecule has 1 amide bonds. The Morgan fingerprint density at radius 3 is 2.61 bits per heavy atom. The Hall–Kier alpha value is -1.77. The number of hydrogen-bond acceptors (Lipinski definition) is 2. The Labute approximate surface area is 109 Å². The van der Waals surface area contributed by atoms with Crippen LogP contribution in [0.15, 0.2) is 30.3 Å². The summed E-state index contributed by atoms with van der Waals surface area (Å²) in [6, 6.07) is 7.66. The lowest BCUT2D eigenvalue weighted by Gasteiger charge is -2.02. The number of carbonyl (C=O) groups is 1. The van der Waals surface area contributed by atoms with Crippen molar-refractivity contribution >= 4 is 12.0 Å². The number of carbonyl (C=O) groups excluding carboxylic acids is 1. The van der Waals surface area contributed by atoms with Crippen LogP contribution in [0.2, 0.25) is 0 Å². The number of amides is 1. The number of nitrogens with one attached hydrogen (secondary N) is 1. The standard InChI is InChI=1S/C15H21NO2/c1-3-5-12-16-15(17)11-8-13-6-9-14(10-7-13)18-4-2/h6-11H,3-5,12H2,1-2H3,(H,16,17)/b11-8+. The third-order valence-electron chi connectivity index (χ3n) is 2.45. The van der Waals surface area contributed by atoms with Gasteiger partial charge >= 0.3 is 0 Å². The second kappa shape index (κ2) is 8.34. The molecule has 98 valence electrons. The molecule has 0 spiro atoms. The minimum Gasteiger partial charge on any atom is -0.494 e. The largest absolute Gasteiger partial charge is 0.494 e. The summed E-state index contributed by atoms with van der Waals surface area (Å²) in [7, 11) is 0. The average molecular weight is 247 g/mol. The van der Waals surface area contributed by atoms with E-state index in [-0.39, 0.29) is 5.91 Å². The third-order valence-corrected chi connectivity index (χ3v) is 2.45. The highest BCUT2D eigenvalue weighted by molar-refractivity contribution is 5.91. The molecule has 18 heavy (non-hydrogen) atoms. The summed E-state index contributed by atoms with van der Waals surface area (Å²) in [5, 5.41) is 2.84. The molecule has 1 aromatic carbocycles. The molecule has 3 heteroatoms. The molecule has 0 saturated carbocycles. The molecule has 0 aliphatic rings. The van der Waals surface area contributed by atoms with Crippen molar-refractivity contribution in [3.8, 4) is 5.75 Å². The van der Waals surface area contributed by atoms with Gasteiger partial charge in [-0.15, -0.1) is 0 Å². The molecule has 0 heterocycles. The van der Waals surface area contributed by atoms with Gasteiger partial charge in [0.1, 0.15) is 5.75 Å². The molecular weight excluding hydrogens is 226 g/mol. The Morgan fingerprint density at radius 2 is 2.00 bits per heavy atom. The lowest BCUT2D eigenvalue weighted by molar-refractivity contribution is -0.116. The van der Waals surface area contributed by atoms with E-state index in [0.717, 1.165) is 30.7 Å². The maximum absolute atomic E-state index is 11.4. The van der Waals surface area contributed by atoms with Crippen LogP contribution < -0.4 is 10.1 Å². The fourth-order valence-corrected chi connectivity index (χ4v) is 1.46. The van der Waals surface area contributed by atoms with Gasteiger partial charge in [-0.3, -0.25) is 4.79 Å². The highest BCUT2D eigenvalue weighted by atomic mass is 16.5. The maximum Gasteiger partial charge on any atom is 0.243 e. The molecule has 0 aliphatic heterocycles. The lowest BCUT2D eigenvalue weighted by atomic mass is 10.2. The predicted octanol–water partition coefficient (Wildman–Crippen LogP) is 3.01. The highest BCUT2D eigenvalue weighted by Gasteiger charge is 1.95. The molecule has 0 saturated heterocycles. The average Bonchev–Trinajstić information content (AvgIpc) is 2.39. The summed E-state index contributed by atoms with van der Waals surface area (Å²) in [5.41, 5.74) is 0.990. The quantitative estimate of drug-likeness (QED) is 0.594. The van der Waals surface area contributed by atoms with Gasteiger partial charge < -0.3 is 10.1 Å². The Kier molecular flexibility index (Phi) is 6.62. The van der Waals surface area contributed by atoms with Gasteiger partial charge in [0.15, 0.2) is 0 Å². The van der Waals surface area contributed by atoms with Crippen molar-refractivity contribution in [2.24, 2.45) is 0 Å². The van der Waals surface area contributed by atoms with Gasteiger partial charge in [-0.1, -0.05) is 25.5 Å². The van der Waals surface area contributed by atoms with E-state index in [1.165, 1.54) is 0 Å². The normalized spacial score (nSPS) is 10.6. The predicted molar refractivity (Wildman–Crippen MR) is 74.6 cm³/mol. The molecule has 0 fully saturated rings. The van der Waals surface area contributed by atoms with Crippen LogP contribution in [0.5, 0.6) is 5.75 Å². The molecule has 0 radical (unpaired) electrons. The molecule has 3 nitrogen and oxygen atoms in total. The molecule has 0 unspecified atom stereocenters. The van der Waals surface area contributed by atoms with Gasteiger partial charge in [-0.2, -0.15) is 0 Å². The van der Waals surface area contributed by atoms with Crippen molar-refractivity contribution in [3.63, 3.8) is 0 Å². The fraction of sp³-hybridized carbons (Fsp3) is 0.400. The molecule has 1 rings (SSSR count). The smallest absolute Gasteiger partial charge is 0.243 e. The van der Waals surface area contributed by atoms with E-state index in [1.807, 2.05) is 31.2 Å². The zero-order chi connectivity index (χ0) is 13.2. The van der Waals surface area contributed by atoms with Gasteiger partial charge in [0.05, 0.1) is 6.61 Å². The van der Waals surface area contributed by atoms with Crippen LogP contribution in [0, 0.1) is 0 Å². The summed E-state index contributed by atoms with van der Waals surface area (Å²) in [6.07, 6.45) is 5.47. The van der Waals surface area contributed by atoms with Crippen molar-refractivity contribution in [2.45, 2.75) is 26.7 Å². The molecule has 0 atom stereocenters. The van der Waals surface area contributed by atoms with Crippen LogP contribution in [0.25, 0.3) is 6.08 Å². The van der Waals surface area contributed by atoms with E-state index >= 15 is 0 Å². The van der Waals surface area contributed by atoms with Gasteiger partial charge in [0, 0.05) is 12.6 Å². The molecule has 0 aliphatic carbocycles. The third kappa shape index (κ3) is 5.53. The van der Waals surface area contributed by atoms with Crippen molar-refractivity contribution in [1.82, 2.24) is 5.32 Å². The van der Waals surface area contributed by atoms with Gasteiger partial charge in [-0.05, 0) is 37.1 Å². The second-order valence-corrected chi connectivity index (χ2v) is 3.98. The Morgan fingerprint density at radius 1 is 1.28 bits per heavy atom.